The van der Waals surface area contributed by atoms with Gasteiger partial charge in [0, 0.05) is 12.3 Å². The van der Waals surface area contributed by atoms with E-state index >= 15 is 0 Å². The maximum absolute atomic E-state index is 12.1. The highest BCUT2D eigenvalue weighted by Gasteiger charge is 2.15. The number of fused-ring (bicyclic) bond motifs is 1. The number of amides is 2. The van der Waals surface area contributed by atoms with Crippen LogP contribution in [0.1, 0.15) is 6.92 Å². The number of nitrogens with zero attached hydrogens (tertiary/aromatic N) is 1. The molecule has 0 saturated carbocycles. The first-order valence-corrected chi connectivity index (χ1v) is 8.42. The van der Waals surface area contributed by atoms with Crippen LogP contribution in [0.3, 0.4) is 0 Å². The van der Waals surface area contributed by atoms with Gasteiger partial charge in [-0.05, 0) is 35.9 Å². The minimum atomic E-state index is -0.814. The van der Waals surface area contributed by atoms with Crippen molar-refractivity contribution in [1.82, 2.24) is 15.4 Å². The molecule has 0 radical (unpaired) electrons. The quantitative estimate of drug-likeness (QED) is 0.673. The predicted octanol–water partition coefficient (Wildman–Crippen LogP) is 1.62. The van der Waals surface area contributed by atoms with Gasteiger partial charge in [-0.25, -0.2) is 0 Å². The van der Waals surface area contributed by atoms with Gasteiger partial charge in [0.25, 0.3) is 17.4 Å². The van der Waals surface area contributed by atoms with Gasteiger partial charge in [0.1, 0.15) is 12.3 Å². The number of benzene rings is 2. The van der Waals surface area contributed by atoms with E-state index in [9.17, 15) is 14.4 Å². The molecule has 1 heterocycles. The van der Waals surface area contributed by atoms with Crippen molar-refractivity contribution in [3.63, 3.8) is 0 Å². The molecule has 0 aliphatic heterocycles. The number of hydrogen-bond acceptors (Lipinski definition) is 4. The molecule has 0 bridgehead atoms. The predicted molar refractivity (Wildman–Crippen MR) is 101 cm³/mol. The minimum absolute atomic E-state index is 0.195. The molecule has 2 N–H and O–H groups in total. The van der Waals surface area contributed by atoms with Crippen LogP contribution in [-0.4, -0.2) is 22.5 Å². The van der Waals surface area contributed by atoms with Gasteiger partial charge in [0.15, 0.2) is 6.10 Å². The standard InChI is InChI=1S/C20H19N3O4/c1-14(27-17-10-9-15-6-2-3-7-16(15)12-17)20(26)22-21-18(24)13-23-11-5-4-8-19(23)25/h2-12,14H,13H2,1H3,(H,21,24)(H,22,26). The highest BCUT2D eigenvalue weighted by Crippen LogP contribution is 2.21. The first kappa shape index (κ1) is 18.2. The third-order valence-corrected chi connectivity index (χ3v) is 3.94. The Bertz CT molecular complexity index is 1030. The lowest BCUT2D eigenvalue weighted by Crippen LogP contribution is -2.48. The molecule has 2 aromatic carbocycles. The number of rotatable bonds is 5. The average molecular weight is 365 g/mol. The van der Waals surface area contributed by atoms with E-state index in [4.69, 9.17) is 4.74 Å². The maximum Gasteiger partial charge on any atom is 0.279 e. The average Bonchev–Trinajstić information content (AvgIpc) is 2.67. The van der Waals surface area contributed by atoms with Gasteiger partial charge >= 0.3 is 0 Å². The molecule has 0 aliphatic carbocycles. The van der Waals surface area contributed by atoms with Crippen LogP contribution in [0.25, 0.3) is 10.8 Å². The van der Waals surface area contributed by atoms with Gasteiger partial charge in [0.05, 0.1) is 0 Å². The summed E-state index contributed by atoms with van der Waals surface area (Å²) in [6.45, 7) is 1.39. The zero-order valence-electron chi connectivity index (χ0n) is 14.7. The molecule has 0 saturated heterocycles. The van der Waals surface area contributed by atoms with Gasteiger partial charge in [-0.2, -0.15) is 0 Å². The summed E-state index contributed by atoms with van der Waals surface area (Å²) >= 11 is 0. The summed E-state index contributed by atoms with van der Waals surface area (Å²) in [6.07, 6.45) is 0.681. The van der Waals surface area contributed by atoms with Crippen LogP contribution in [0.2, 0.25) is 0 Å². The molecular formula is C20H19N3O4. The summed E-state index contributed by atoms with van der Waals surface area (Å²) in [5.41, 5.74) is 4.28. The third kappa shape index (κ3) is 4.72. The van der Waals surface area contributed by atoms with E-state index in [-0.39, 0.29) is 12.1 Å². The second-order valence-electron chi connectivity index (χ2n) is 5.97. The van der Waals surface area contributed by atoms with Crippen molar-refractivity contribution in [3.8, 4) is 5.75 Å². The first-order chi connectivity index (χ1) is 13.0. The fourth-order valence-electron chi connectivity index (χ4n) is 2.52. The number of pyridine rings is 1. The lowest BCUT2D eigenvalue weighted by Gasteiger charge is -2.15. The SMILES string of the molecule is CC(Oc1ccc2ccccc2c1)C(=O)NNC(=O)Cn1ccccc1=O. The molecule has 3 aromatic rings. The summed E-state index contributed by atoms with van der Waals surface area (Å²) < 4.78 is 6.87. The van der Waals surface area contributed by atoms with Gasteiger partial charge < -0.3 is 9.30 Å². The van der Waals surface area contributed by atoms with Crippen LogP contribution in [0.4, 0.5) is 0 Å². The number of hydrazine groups is 1. The van der Waals surface area contributed by atoms with Crippen molar-refractivity contribution in [2.75, 3.05) is 0 Å². The van der Waals surface area contributed by atoms with Crippen molar-refractivity contribution in [2.45, 2.75) is 19.6 Å². The molecule has 1 aromatic heterocycles. The van der Waals surface area contributed by atoms with Crippen LogP contribution in [0, 0.1) is 0 Å². The summed E-state index contributed by atoms with van der Waals surface area (Å²) in [7, 11) is 0. The molecular weight excluding hydrogens is 346 g/mol. The Labute approximate surface area is 155 Å². The molecule has 0 aliphatic rings. The Morgan fingerprint density at radius 2 is 1.74 bits per heavy atom. The van der Waals surface area contributed by atoms with Crippen molar-refractivity contribution >= 4 is 22.6 Å². The van der Waals surface area contributed by atoms with E-state index in [0.717, 1.165) is 10.8 Å². The van der Waals surface area contributed by atoms with Crippen LogP contribution in [-0.2, 0) is 16.1 Å². The molecule has 1 atom stereocenters. The second-order valence-corrected chi connectivity index (χ2v) is 5.97. The molecule has 7 nitrogen and oxygen atoms in total. The van der Waals surface area contributed by atoms with Crippen molar-refractivity contribution in [2.24, 2.45) is 0 Å². The molecule has 27 heavy (non-hydrogen) atoms. The minimum Gasteiger partial charge on any atom is -0.481 e. The van der Waals surface area contributed by atoms with Crippen LogP contribution in [0.5, 0.6) is 5.75 Å². The van der Waals surface area contributed by atoms with E-state index in [1.807, 2.05) is 36.4 Å². The summed E-state index contributed by atoms with van der Waals surface area (Å²) in [4.78, 5) is 35.6. The highest BCUT2D eigenvalue weighted by atomic mass is 16.5. The topological polar surface area (TPSA) is 89.4 Å². The van der Waals surface area contributed by atoms with Crippen LogP contribution in [0.15, 0.2) is 71.7 Å². The summed E-state index contributed by atoms with van der Waals surface area (Å²) in [5, 5.41) is 2.08. The summed E-state index contributed by atoms with van der Waals surface area (Å²) in [5.74, 6) is -0.468. The normalized spacial score (nSPS) is 11.6. The lowest BCUT2D eigenvalue weighted by atomic mass is 10.1. The Kier molecular flexibility index (Phi) is 5.51. The van der Waals surface area contributed by atoms with E-state index < -0.39 is 17.9 Å². The molecule has 1 unspecified atom stereocenters. The Hall–Kier alpha value is -3.61. The Morgan fingerprint density at radius 3 is 2.52 bits per heavy atom. The van der Waals surface area contributed by atoms with Gasteiger partial charge in [-0.15, -0.1) is 0 Å². The van der Waals surface area contributed by atoms with E-state index in [1.54, 1.807) is 25.1 Å². The zero-order valence-corrected chi connectivity index (χ0v) is 14.7. The smallest absolute Gasteiger partial charge is 0.279 e. The summed E-state index contributed by atoms with van der Waals surface area (Å²) in [6, 6.07) is 18.0. The first-order valence-electron chi connectivity index (χ1n) is 8.42. The maximum atomic E-state index is 12.1. The van der Waals surface area contributed by atoms with Gasteiger partial charge in [0.2, 0.25) is 0 Å². The van der Waals surface area contributed by atoms with E-state index in [1.165, 1.54) is 16.8 Å². The fraction of sp³-hybridized carbons (Fsp3) is 0.150. The molecule has 7 heteroatoms. The van der Waals surface area contributed by atoms with E-state index in [0.29, 0.717) is 5.75 Å². The largest absolute Gasteiger partial charge is 0.481 e. The number of carbonyl (C=O) groups excluding carboxylic acids is 2. The fourth-order valence-corrected chi connectivity index (χ4v) is 2.52. The number of hydrogen-bond donors (Lipinski definition) is 2. The molecule has 3 rings (SSSR count). The number of carbonyl (C=O) groups is 2. The lowest BCUT2D eigenvalue weighted by molar-refractivity contribution is -0.133. The Morgan fingerprint density at radius 1 is 1.00 bits per heavy atom. The highest BCUT2D eigenvalue weighted by molar-refractivity contribution is 5.85. The monoisotopic (exact) mass is 365 g/mol. The number of nitrogens with one attached hydrogen (secondary N) is 2. The molecule has 2 amide bonds. The molecule has 138 valence electrons. The van der Waals surface area contributed by atoms with E-state index in [2.05, 4.69) is 10.9 Å². The number of ether oxygens (including phenoxy) is 1. The van der Waals surface area contributed by atoms with Gasteiger partial charge in [-0.1, -0.05) is 36.4 Å². The van der Waals surface area contributed by atoms with Crippen LogP contribution >= 0.6 is 0 Å². The van der Waals surface area contributed by atoms with Crippen molar-refractivity contribution < 1.29 is 14.3 Å². The third-order valence-electron chi connectivity index (χ3n) is 3.94. The van der Waals surface area contributed by atoms with Gasteiger partial charge in [-0.3, -0.25) is 25.2 Å². The number of aromatic nitrogens is 1. The Balaban J connectivity index is 1.53. The zero-order chi connectivity index (χ0) is 19.2. The van der Waals surface area contributed by atoms with Crippen molar-refractivity contribution in [3.05, 3.63) is 77.2 Å². The second kappa shape index (κ2) is 8.18. The molecule has 0 fully saturated rings. The van der Waals surface area contributed by atoms with Crippen LogP contribution < -0.4 is 21.1 Å². The van der Waals surface area contributed by atoms with Crippen molar-refractivity contribution in [1.29, 1.82) is 0 Å². The molecule has 0 spiro atoms.